The zero-order valence-corrected chi connectivity index (χ0v) is 7.25. The maximum atomic E-state index is 10.7. The lowest BCUT2D eigenvalue weighted by Crippen LogP contribution is -2.22. The second-order valence-electron chi connectivity index (χ2n) is 2.06. The summed E-state index contributed by atoms with van der Waals surface area (Å²) in [4.78, 5) is 25.5. The lowest BCUT2D eigenvalue weighted by Gasteiger charge is -2.02. The number of hydroxylamine groups is 1. The van der Waals surface area contributed by atoms with Crippen LogP contribution in [0.4, 0.5) is 0 Å². The number of rotatable bonds is 5. The highest BCUT2D eigenvalue weighted by molar-refractivity contribution is 5.71. The van der Waals surface area contributed by atoms with Gasteiger partial charge in [0.25, 0.3) is 0 Å². The summed E-state index contributed by atoms with van der Waals surface area (Å²) in [6.07, 6.45) is 0.147. The molecule has 1 amide bonds. The van der Waals surface area contributed by atoms with Crippen LogP contribution in [-0.4, -0.2) is 25.1 Å². The van der Waals surface area contributed by atoms with Gasteiger partial charge in [0.05, 0.1) is 19.6 Å². The highest BCUT2D eigenvalue weighted by atomic mass is 16.7. The molecule has 0 spiro atoms. The van der Waals surface area contributed by atoms with Crippen molar-refractivity contribution in [2.45, 2.75) is 20.3 Å². The molecular weight excluding hydrogens is 162 g/mol. The van der Waals surface area contributed by atoms with E-state index in [0.717, 1.165) is 0 Å². The van der Waals surface area contributed by atoms with Crippen molar-refractivity contribution in [3.05, 3.63) is 0 Å². The predicted octanol–water partition coefficient (Wildman–Crippen LogP) is 0.00730. The molecule has 0 rings (SSSR count). The Hall–Kier alpha value is -1.10. The molecular formula is C7H13NO4. The fraction of sp³-hybridized carbons (Fsp3) is 0.714. The van der Waals surface area contributed by atoms with Crippen LogP contribution in [-0.2, 0) is 19.2 Å². The van der Waals surface area contributed by atoms with Gasteiger partial charge in [-0.3, -0.25) is 14.4 Å². The van der Waals surface area contributed by atoms with Gasteiger partial charge >= 0.3 is 5.97 Å². The van der Waals surface area contributed by atoms with Gasteiger partial charge in [-0.25, -0.2) is 5.48 Å². The zero-order valence-electron chi connectivity index (χ0n) is 7.25. The third kappa shape index (κ3) is 7.01. The van der Waals surface area contributed by atoms with Crippen molar-refractivity contribution >= 4 is 11.9 Å². The number of ether oxygens (including phenoxy) is 1. The van der Waals surface area contributed by atoms with E-state index in [4.69, 9.17) is 0 Å². The molecule has 0 aromatic heterocycles. The van der Waals surface area contributed by atoms with Crippen molar-refractivity contribution in [1.29, 1.82) is 0 Å². The number of carbonyl (C=O) groups excluding carboxylic acids is 2. The number of amides is 1. The Bertz CT molecular complexity index is 157. The fourth-order valence-corrected chi connectivity index (χ4v) is 0.520. The van der Waals surface area contributed by atoms with Crippen molar-refractivity contribution in [3.8, 4) is 0 Å². The van der Waals surface area contributed by atoms with E-state index in [9.17, 15) is 9.59 Å². The summed E-state index contributed by atoms with van der Waals surface area (Å²) in [6, 6.07) is 0. The summed E-state index contributed by atoms with van der Waals surface area (Å²) in [5.41, 5.74) is 2.10. The minimum absolute atomic E-state index is 0.137. The maximum absolute atomic E-state index is 10.7. The predicted molar refractivity (Wildman–Crippen MR) is 41.0 cm³/mol. The first-order chi connectivity index (χ1) is 5.66. The molecule has 0 aliphatic rings. The largest absolute Gasteiger partial charge is 0.466 e. The van der Waals surface area contributed by atoms with Crippen LogP contribution in [0, 0.1) is 0 Å². The zero-order chi connectivity index (χ0) is 9.40. The van der Waals surface area contributed by atoms with Crippen LogP contribution in [0.15, 0.2) is 0 Å². The number of hydrogen-bond acceptors (Lipinski definition) is 4. The van der Waals surface area contributed by atoms with E-state index in [1.807, 2.05) is 0 Å². The highest BCUT2D eigenvalue weighted by Crippen LogP contribution is 1.85. The van der Waals surface area contributed by atoms with E-state index in [1.165, 1.54) is 6.92 Å². The molecule has 5 nitrogen and oxygen atoms in total. The normalized spacial score (nSPS) is 9.17. The lowest BCUT2D eigenvalue weighted by molar-refractivity contribution is -0.147. The van der Waals surface area contributed by atoms with Crippen molar-refractivity contribution in [1.82, 2.24) is 5.48 Å². The summed E-state index contributed by atoms with van der Waals surface area (Å²) in [7, 11) is 0. The van der Waals surface area contributed by atoms with Crippen LogP contribution in [0.2, 0.25) is 0 Å². The van der Waals surface area contributed by atoms with E-state index < -0.39 is 0 Å². The molecule has 0 radical (unpaired) electrons. The summed E-state index contributed by atoms with van der Waals surface area (Å²) in [6.45, 7) is 3.55. The molecule has 5 heteroatoms. The standard InChI is InChI=1S/C7H13NO4/c1-3-11-7(10)4-5-12-8-6(2)9/h3-5H2,1-2H3,(H,8,9). The summed E-state index contributed by atoms with van der Waals surface area (Å²) in [5.74, 6) is -0.623. The number of nitrogens with one attached hydrogen (secondary N) is 1. The molecule has 0 saturated heterocycles. The Balaban J connectivity index is 3.19. The molecule has 1 N–H and O–H groups in total. The Labute approximate surface area is 71.0 Å². The Morgan fingerprint density at radius 3 is 2.58 bits per heavy atom. The van der Waals surface area contributed by atoms with E-state index in [1.54, 1.807) is 6.92 Å². The van der Waals surface area contributed by atoms with Crippen LogP contribution in [0.5, 0.6) is 0 Å². The molecule has 0 atom stereocenters. The van der Waals surface area contributed by atoms with E-state index >= 15 is 0 Å². The number of esters is 1. The summed E-state index contributed by atoms with van der Waals surface area (Å²) in [5, 5.41) is 0. The highest BCUT2D eigenvalue weighted by Gasteiger charge is 2.00. The molecule has 0 aliphatic carbocycles. The second-order valence-corrected chi connectivity index (χ2v) is 2.06. The Kier molecular flexibility index (Phi) is 6.00. The smallest absolute Gasteiger partial charge is 0.308 e. The van der Waals surface area contributed by atoms with Crippen molar-refractivity contribution < 1.29 is 19.2 Å². The maximum Gasteiger partial charge on any atom is 0.308 e. The van der Waals surface area contributed by atoms with Gasteiger partial charge in [0.2, 0.25) is 5.91 Å². The SMILES string of the molecule is CCOC(=O)CCONC(C)=O. The van der Waals surface area contributed by atoms with Gasteiger partial charge in [-0.1, -0.05) is 0 Å². The first-order valence-corrected chi connectivity index (χ1v) is 3.70. The van der Waals surface area contributed by atoms with E-state index in [-0.39, 0.29) is 24.9 Å². The average Bonchev–Trinajstić information content (AvgIpc) is 1.98. The average molecular weight is 175 g/mol. The Morgan fingerprint density at radius 2 is 2.08 bits per heavy atom. The lowest BCUT2D eigenvalue weighted by atomic mass is 10.5. The van der Waals surface area contributed by atoms with Crippen LogP contribution < -0.4 is 5.48 Å². The minimum Gasteiger partial charge on any atom is -0.466 e. The fourth-order valence-electron chi connectivity index (χ4n) is 0.520. The molecule has 0 bridgehead atoms. The number of hydrogen-bond donors (Lipinski definition) is 1. The van der Waals surface area contributed by atoms with Crippen LogP contribution in [0.1, 0.15) is 20.3 Å². The monoisotopic (exact) mass is 175 g/mol. The first kappa shape index (κ1) is 10.9. The first-order valence-electron chi connectivity index (χ1n) is 3.70. The Morgan fingerprint density at radius 1 is 1.42 bits per heavy atom. The van der Waals surface area contributed by atoms with Crippen molar-refractivity contribution in [3.63, 3.8) is 0 Å². The second kappa shape index (κ2) is 6.60. The molecule has 70 valence electrons. The molecule has 0 aromatic rings. The van der Waals surface area contributed by atoms with Gasteiger partial charge in [0.1, 0.15) is 0 Å². The van der Waals surface area contributed by atoms with Gasteiger partial charge in [-0.15, -0.1) is 0 Å². The topological polar surface area (TPSA) is 64.6 Å². The quantitative estimate of drug-likeness (QED) is 0.363. The van der Waals surface area contributed by atoms with Gasteiger partial charge in [-0.05, 0) is 6.92 Å². The summed E-state index contributed by atoms with van der Waals surface area (Å²) >= 11 is 0. The summed E-state index contributed by atoms with van der Waals surface area (Å²) < 4.78 is 4.62. The molecule has 0 heterocycles. The van der Waals surface area contributed by atoms with E-state index in [2.05, 4.69) is 15.1 Å². The van der Waals surface area contributed by atoms with Gasteiger partial charge in [-0.2, -0.15) is 0 Å². The van der Waals surface area contributed by atoms with E-state index in [0.29, 0.717) is 6.61 Å². The van der Waals surface area contributed by atoms with Gasteiger partial charge in [0.15, 0.2) is 0 Å². The van der Waals surface area contributed by atoms with Crippen LogP contribution in [0.25, 0.3) is 0 Å². The minimum atomic E-state index is -0.331. The molecule has 0 fully saturated rings. The van der Waals surface area contributed by atoms with Gasteiger partial charge in [0, 0.05) is 6.92 Å². The third-order valence-corrected chi connectivity index (χ3v) is 0.929. The van der Waals surface area contributed by atoms with Crippen molar-refractivity contribution in [2.24, 2.45) is 0 Å². The molecule has 0 unspecified atom stereocenters. The number of carbonyl (C=O) groups is 2. The molecule has 0 aromatic carbocycles. The van der Waals surface area contributed by atoms with Crippen LogP contribution in [0.3, 0.4) is 0 Å². The molecule has 0 aliphatic heterocycles. The molecule has 12 heavy (non-hydrogen) atoms. The van der Waals surface area contributed by atoms with Gasteiger partial charge < -0.3 is 4.74 Å². The van der Waals surface area contributed by atoms with Crippen LogP contribution >= 0.6 is 0 Å². The van der Waals surface area contributed by atoms with Crippen molar-refractivity contribution in [2.75, 3.05) is 13.2 Å². The molecule has 0 saturated carbocycles. The third-order valence-electron chi connectivity index (χ3n) is 0.929.